The minimum absolute atomic E-state index is 0. The zero-order chi connectivity index (χ0) is 17.6. The molecule has 0 aromatic heterocycles. The van der Waals surface area contributed by atoms with Crippen LogP contribution in [0.2, 0.25) is 0 Å². The predicted octanol–water partition coefficient (Wildman–Crippen LogP) is 0.701. The Morgan fingerprint density at radius 2 is 2.12 bits per heavy atom. The molecule has 26 heavy (non-hydrogen) atoms. The van der Waals surface area contributed by atoms with Crippen LogP contribution in [0.4, 0.5) is 5.69 Å². The van der Waals surface area contributed by atoms with Crippen LogP contribution in [0.15, 0.2) is 18.2 Å². The molecular weight excluding hydrogens is 362 g/mol. The molecule has 1 aliphatic carbocycles. The van der Waals surface area contributed by atoms with Crippen LogP contribution in [0.25, 0.3) is 0 Å². The summed E-state index contributed by atoms with van der Waals surface area (Å²) in [4.78, 5) is 24.0. The van der Waals surface area contributed by atoms with Crippen molar-refractivity contribution in [1.82, 2.24) is 10.6 Å². The average Bonchev–Trinajstić information content (AvgIpc) is 3.45. The monoisotopic (exact) mass is 385 g/mol. The molecule has 1 unspecified atom stereocenters. The number of benzene rings is 1. The predicted molar refractivity (Wildman–Crippen MR) is 98.1 cm³/mol. The molecule has 1 heterocycles. The number of morpholine rings is 1. The van der Waals surface area contributed by atoms with E-state index in [2.05, 4.69) is 16.0 Å². The smallest absolute Gasteiger partial charge is 0.258 e. The molecule has 1 atom stereocenters. The van der Waals surface area contributed by atoms with Gasteiger partial charge in [0, 0.05) is 24.3 Å². The van der Waals surface area contributed by atoms with Gasteiger partial charge in [-0.05, 0) is 25.0 Å². The third-order valence-electron chi connectivity index (χ3n) is 3.97. The Bertz CT molecular complexity index is 633. The van der Waals surface area contributed by atoms with Gasteiger partial charge < -0.3 is 30.2 Å². The van der Waals surface area contributed by atoms with Crippen LogP contribution in [-0.4, -0.2) is 57.4 Å². The molecule has 3 rings (SSSR count). The minimum atomic E-state index is -0.385. The van der Waals surface area contributed by atoms with Gasteiger partial charge in [-0.1, -0.05) is 0 Å². The van der Waals surface area contributed by atoms with Gasteiger partial charge in [0.2, 0.25) is 5.91 Å². The van der Waals surface area contributed by atoms with Crippen molar-refractivity contribution in [2.45, 2.75) is 24.9 Å². The number of halogens is 1. The molecule has 8 nitrogen and oxygen atoms in total. The van der Waals surface area contributed by atoms with Crippen LogP contribution in [0.1, 0.15) is 12.8 Å². The van der Waals surface area contributed by atoms with Crippen LogP contribution in [0, 0.1) is 0 Å². The number of amides is 2. The second-order valence-corrected chi connectivity index (χ2v) is 6.07. The largest absolute Gasteiger partial charge is 0.493 e. The molecule has 0 bridgehead atoms. The topological polar surface area (TPSA) is 97.9 Å². The van der Waals surface area contributed by atoms with Crippen molar-refractivity contribution in [2.24, 2.45) is 0 Å². The second kappa shape index (κ2) is 9.61. The summed E-state index contributed by atoms with van der Waals surface area (Å²) in [6.45, 7) is 1.49. The van der Waals surface area contributed by atoms with Gasteiger partial charge in [-0.25, -0.2) is 0 Å². The van der Waals surface area contributed by atoms with Gasteiger partial charge in [0.05, 0.1) is 20.3 Å². The molecule has 3 N–H and O–H groups in total. The van der Waals surface area contributed by atoms with E-state index in [0.29, 0.717) is 36.9 Å². The van der Waals surface area contributed by atoms with Gasteiger partial charge in [-0.15, -0.1) is 12.4 Å². The third-order valence-corrected chi connectivity index (χ3v) is 3.97. The van der Waals surface area contributed by atoms with E-state index in [0.717, 1.165) is 12.8 Å². The Morgan fingerprint density at radius 3 is 2.77 bits per heavy atom. The number of hydrogen-bond acceptors (Lipinski definition) is 6. The van der Waals surface area contributed by atoms with Crippen LogP contribution < -0.4 is 25.4 Å². The Balaban J connectivity index is 0.00000243. The number of hydrogen-bond donors (Lipinski definition) is 3. The molecule has 2 fully saturated rings. The Labute approximate surface area is 158 Å². The molecule has 1 saturated heterocycles. The van der Waals surface area contributed by atoms with E-state index < -0.39 is 0 Å². The highest BCUT2D eigenvalue weighted by Crippen LogP contribution is 2.30. The average molecular weight is 386 g/mol. The van der Waals surface area contributed by atoms with Crippen molar-refractivity contribution in [1.29, 1.82) is 0 Å². The van der Waals surface area contributed by atoms with E-state index >= 15 is 0 Å². The second-order valence-electron chi connectivity index (χ2n) is 6.07. The maximum Gasteiger partial charge on any atom is 0.258 e. The van der Waals surface area contributed by atoms with E-state index in [4.69, 9.17) is 14.2 Å². The van der Waals surface area contributed by atoms with Crippen molar-refractivity contribution in [3.05, 3.63) is 18.2 Å². The number of anilines is 1. The fourth-order valence-electron chi connectivity index (χ4n) is 2.47. The summed E-state index contributed by atoms with van der Waals surface area (Å²) in [6, 6.07) is 4.95. The molecule has 0 spiro atoms. The van der Waals surface area contributed by atoms with Crippen LogP contribution >= 0.6 is 12.4 Å². The van der Waals surface area contributed by atoms with Crippen molar-refractivity contribution in [3.8, 4) is 11.5 Å². The summed E-state index contributed by atoms with van der Waals surface area (Å²) >= 11 is 0. The highest BCUT2D eigenvalue weighted by Gasteiger charge is 2.24. The molecule has 9 heteroatoms. The molecule has 2 amide bonds. The zero-order valence-corrected chi connectivity index (χ0v) is 15.4. The van der Waals surface area contributed by atoms with E-state index in [-0.39, 0.29) is 42.9 Å². The highest BCUT2D eigenvalue weighted by atomic mass is 35.5. The Kier molecular flexibility index (Phi) is 7.50. The van der Waals surface area contributed by atoms with Crippen molar-refractivity contribution in [3.63, 3.8) is 0 Å². The molecule has 1 aromatic carbocycles. The van der Waals surface area contributed by atoms with E-state index in [1.807, 2.05) is 0 Å². The molecular formula is C17H24ClN3O5. The molecule has 2 aliphatic rings. The number of carbonyl (C=O) groups is 2. The van der Waals surface area contributed by atoms with Gasteiger partial charge in [-0.2, -0.15) is 0 Å². The summed E-state index contributed by atoms with van der Waals surface area (Å²) in [6.07, 6.45) is 2.05. The quantitative estimate of drug-likeness (QED) is 0.639. The Hall–Kier alpha value is -2.03. The summed E-state index contributed by atoms with van der Waals surface area (Å²) in [5.74, 6) is 0.556. The van der Waals surface area contributed by atoms with Crippen LogP contribution in [-0.2, 0) is 14.3 Å². The minimum Gasteiger partial charge on any atom is -0.493 e. The lowest BCUT2D eigenvalue weighted by molar-refractivity contribution is -0.123. The lowest BCUT2D eigenvalue weighted by Gasteiger charge is -2.23. The first-order valence-corrected chi connectivity index (χ1v) is 8.38. The lowest BCUT2D eigenvalue weighted by Crippen LogP contribution is -2.48. The molecule has 0 radical (unpaired) electrons. The molecule has 144 valence electrons. The summed E-state index contributed by atoms with van der Waals surface area (Å²) in [5.41, 5.74) is 0.566. The summed E-state index contributed by atoms with van der Waals surface area (Å²) in [5, 5.41) is 8.76. The van der Waals surface area contributed by atoms with Crippen molar-refractivity contribution < 1.29 is 23.8 Å². The van der Waals surface area contributed by atoms with Crippen LogP contribution in [0.3, 0.4) is 0 Å². The van der Waals surface area contributed by atoms with Gasteiger partial charge in [0.25, 0.3) is 5.91 Å². The van der Waals surface area contributed by atoms with Gasteiger partial charge >= 0.3 is 0 Å². The lowest BCUT2D eigenvalue weighted by atomic mass is 10.2. The van der Waals surface area contributed by atoms with E-state index in [9.17, 15) is 9.59 Å². The normalized spacial score (nSPS) is 19.0. The first-order chi connectivity index (χ1) is 12.2. The third kappa shape index (κ3) is 5.76. The maximum atomic E-state index is 12.2. The van der Waals surface area contributed by atoms with Gasteiger partial charge in [0.1, 0.15) is 6.04 Å². The molecule has 1 aromatic rings. The molecule has 1 aliphatic heterocycles. The molecule has 1 saturated carbocycles. The number of rotatable bonds is 7. The fourth-order valence-corrected chi connectivity index (χ4v) is 2.47. The highest BCUT2D eigenvalue weighted by molar-refractivity contribution is 5.95. The van der Waals surface area contributed by atoms with Gasteiger partial charge in [-0.3, -0.25) is 9.59 Å². The fraction of sp³-hybridized carbons (Fsp3) is 0.529. The number of ether oxygens (including phenoxy) is 3. The maximum absolute atomic E-state index is 12.2. The SMILES string of the molecule is COc1ccc(NC(=O)C2COCCN2)cc1OCC(=O)NC1CC1.Cl. The first-order valence-electron chi connectivity index (χ1n) is 8.38. The summed E-state index contributed by atoms with van der Waals surface area (Å²) < 4.78 is 16.1. The van der Waals surface area contributed by atoms with E-state index in [1.165, 1.54) is 7.11 Å². The standard InChI is InChI=1S/C17H23N3O5.ClH/c1-23-14-5-4-12(20-17(22)13-9-24-7-6-18-13)8-15(14)25-10-16(21)19-11-2-3-11;/h4-5,8,11,13,18H,2-3,6-7,9-10H2,1H3,(H,19,21)(H,20,22);1H. The Morgan fingerprint density at radius 1 is 1.31 bits per heavy atom. The summed E-state index contributed by atoms with van der Waals surface area (Å²) in [7, 11) is 1.52. The number of methoxy groups -OCH3 is 1. The number of carbonyl (C=O) groups excluding carboxylic acids is 2. The number of nitrogens with one attached hydrogen (secondary N) is 3. The van der Waals surface area contributed by atoms with E-state index in [1.54, 1.807) is 18.2 Å². The van der Waals surface area contributed by atoms with Crippen molar-refractivity contribution >= 4 is 29.9 Å². The van der Waals surface area contributed by atoms with Crippen molar-refractivity contribution in [2.75, 3.05) is 38.8 Å². The van der Waals surface area contributed by atoms with Crippen LogP contribution in [0.5, 0.6) is 11.5 Å². The first kappa shape index (κ1) is 20.3. The zero-order valence-electron chi connectivity index (χ0n) is 14.6. The van der Waals surface area contributed by atoms with Gasteiger partial charge in [0.15, 0.2) is 18.1 Å².